The fourth-order valence-corrected chi connectivity index (χ4v) is 4.27. The van der Waals surface area contributed by atoms with Crippen molar-refractivity contribution in [3.63, 3.8) is 0 Å². The second-order valence-corrected chi connectivity index (χ2v) is 8.46. The molecule has 0 bridgehead atoms. The highest BCUT2D eigenvalue weighted by atomic mass is 32.2. The highest BCUT2D eigenvalue weighted by molar-refractivity contribution is 7.92. The average Bonchev–Trinajstić information content (AvgIpc) is 2.85. The van der Waals surface area contributed by atoms with Gasteiger partial charge in [-0.15, -0.1) is 0 Å². The van der Waals surface area contributed by atoms with Crippen LogP contribution in [0.15, 0.2) is 65.6 Å². The lowest BCUT2D eigenvalue weighted by atomic mass is 10.1. The molecule has 3 aromatic carbocycles. The fraction of sp³-hybridized carbons (Fsp3) is 0.136. The van der Waals surface area contributed by atoms with Crippen molar-refractivity contribution in [1.82, 2.24) is 0 Å². The number of fused-ring (bicyclic) bond motifs is 2. The van der Waals surface area contributed by atoms with Gasteiger partial charge in [0.25, 0.3) is 15.9 Å². The number of carbonyl (C=O) groups is 1. The summed E-state index contributed by atoms with van der Waals surface area (Å²) < 4.78 is 52.9. The predicted octanol–water partition coefficient (Wildman–Crippen LogP) is 4.41. The predicted molar refractivity (Wildman–Crippen MR) is 114 cm³/mol. The van der Waals surface area contributed by atoms with Crippen molar-refractivity contribution < 1.29 is 27.1 Å². The zero-order valence-corrected chi connectivity index (χ0v) is 17.6. The van der Waals surface area contributed by atoms with Crippen LogP contribution in [0.2, 0.25) is 0 Å². The minimum absolute atomic E-state index is 0.0307. The van der Waals surface area contributed by atoms with E-state index in [2.05, 4.69) is 4.72 Å². The van der Waals surface area contributed by atoms with Gasteiger partial charge in [0.05, 0.1) is 22.8 Å². The number of halogens is 1. The molecule has 0 saturated carbocycles. The van der Waals surface area contributed by atoms with Crippen molar-refractivity contribution in [2.75, 3.05) is 23.3 Å². The molecule has 1 N–H and O–H groups in total. The third-order valence-corrected chi connectivity index (χ3v) is 6.11. The lowest BCUT2D eigenvalue weighted by molar-refractivity contribution is 0.0993. The lowest BCUT2D eigenvalue weighted by Crippen LogP contribution is -2.25. The van der Waals surface area contributed by atoms with Crippen LogP contribution < -0.4 is 19.1 Å². The quantitative estimate of drug-likeness (QED) is 0.633. The number of hydrogen-bond acceptors (Lipinski definition) is 5. The molecule has 0 aromatic heterocycles. The molecule has 1 amide bonds. The fourth-order valence-electron chi connectivity index (χ4n) is 3.21. The molecule has 31 heavy (non-hydrogen) atoms. The molecule has 0 fully saturated rings. The standard InChI is InChI=1S/C22H19FN2O5S/c1-3-29-20-11-9-15(13-17(20)23)31(27,28)24-14-8-10-19-16(12-14)22(26)25(2)18-6-4-5-7-21(18)30-19/h4-13,24H,3H2,1-2H3. The van der Waals surface area contributed by atoms with E-state index in [1.165, 1.54) is 35.2 Å². The summed E-state index contributed by atoms with van der Waals surface area (Å²) >= 11 is 0. The smallest absolute Gasteiger partial charge is 0.262 e. The number of sulfonamides is 1. The first-order chi connectivity index (χ1) is 14.8. The summed E-state index contributed by atoms with van der Waals surface area (Å²) in [6.07, 6.45) is 0. The van der Waals surface area contributed by atoms with E-state index in [0.29, 0.717) is 17.2 Å². The summed E-state index contributed by atoms with van der Waals surface area (Å²) in [6, 6.07) is 14.8. The molecule has 160 valence electrons. The van der Waals surface area contributed by atoms with E-state index in [1.807, 2.05) is 0 Å². The Bertz CT molecular complexity index is 1280. The lowest BCUT2D eigenvalue weighted by Gasteiger charge is -2.16. The van der Waals surface area contributed by atoms with Crippen LogP contribution in [-0.4, -0.2) is 28.0 Å². The molecule has 0 aliphatic carbocycles. The molecular weight excluding hydrogens is 423 g/mol. The van der Waals surface area contributed by atoms with Crippen LogP contribution in [-0.2, 0) is 10.0 Å². The summed E-state index contributed by atoms with van der Waals surface area (Å²) in [5.41, 5.74) is 0.928. The number of rotatable bonds is 5. The van der Waals surface area contributed by atoms with Gasteiger partial charge < -0.3 is 14.4 Å². The SMILES string of the molecule is CCOc1ccc(S(=O)(=O)Nc2ccc3c(c2)C(=O)N(C)c2ccccc2O3)cc1F. The third kappa shape index (κ3) is 3.91. The van der Waals surface area contributed by atoms with Crippen molar-refractivity contribution in [3.05, 3.63) is 72.0 Å². The Kier molecular flexibility index (Phi) is 5.28. The first-order valence-electron chi connectivity index (χ1n) is 9.44. The minimum atomic E-state index is -4.10. The number of nitrogens with zero attached hydrogens (tertiary/aromatic N) is 1. The van der Waals surface area contributed by atoms with E-state index in [1.54, 1.807) is 38.2 Å². The summed E-state index contributed by atoms with van der Waals surface area (Å²) in [4.78, 5) is 14.1. The largest absolute Gasteiger partial charge is 0.491 e. The topological polar surface area (TPSA) is 84.9 Å². The van der Waals surface area contributed by atoms with Gasteiger partial charge in [-0.05, 0) is 55.5 Å². The number of ether oxygens (including phenoxy) is 2. The van der Waals surface area contributed by atoms with E-state index in [-0.39, 0.29) is 34.4 Å². The monoisotopic (exact) mass is 442 g/mol. The van der Waals surface area contributed by atoms with Gasteiger partial charge >= 0.3 is 0 Å². The molecule has 7 nitrogen and oxygen atoms in total. The maximum Gasteiger partial charge on any atom is 0.262 e. The number of amides is 1. The molecule has 0 spiro atoms. The molecule has 0 radical (unpaired) electrons. The Morgan fingerprint density at radius 3 is 2.58 bits per heavy atom. The number of para-hydroxylation sites is 2. The second-order valence-electron chi connectivity index (χ2n) is 6.78. The van der Waals surface area contributed by atoms with Crippen LogP contribution in [0.4, 0.5) is 15.8 Å². The normalized spacial score (nSPS) is 13.0. The van der Waals surface area contributed by atoms with Crippen LogP contribution in [0.5, 0.6) is 17.2 Å². The zero-order valence-electron chi connectivity index (χ0n) is 16.8. The second kappa shape index (κ2) is 7.92. The van der Waals surface area contributed by atoms with Gasteiger partial charge in [0.15, 0.2) is 17.3 Å². The highest BCUT2D eigenvalue weighted by Gasteiger charge is 2.26. The van der Waals surface area contributed by atoms with E-state index in [9.17, 15) is 17.6 Å². The van der Waals surface area contributed by atoms with Crippen molar-refractivity contribution in [1.29, 1.82) is 0 Å². The number of carbonyl (C=O) groups excluding carboxylic acids is 1. The first-order valence-corrected chi connectivity index (χ1v) is 10.9. The van der Waals surface area contributed by atoms with Crippen LogP contribution in [0, 0.1) is 5.82 Å². The summed E-state index contributed by atoms with van der Waals surface area (Å²) in [6.45, 7) is 1.95. The van der Waals surface area contributed by atoms with E-state index in [0.717, 1.165) is 6.07 Å². The molecule has 3 aromatic rings. The molecule has 1 aliphatic rings. The van der Waals surface area contributed by atoms with Crippen molar-refractivity contribution in [2.24, 2.45) is 0 Å². The van der Waals surface area contributed by atoms with Crippen LogP contribution in [0.25, 0.3) is 0 Å². The Morgan fingerprint density at radius 1 is 1.06 bits per heavy atom. The van der Waals surface area contributed by atoms with Gasteiger partial charge in [-0.3, -0.25) is 9.52 Å². The van der Waals surface area contributed by atoms with Crippen molar-refractivity contribution >= 4 is 27.3 Å². The molecular formula is C22H19FN2O5S. The third-order valence-electron chi connectivity index (χ3n) is 4.73. The van der Waals surface area contributed by atoms with Gasteiger partial charge in [0, 0.05) is 12.7 Å². The average molecular weight is 442 g/mol. The molecule has 0 unspecified atom stereocenters. The number of anilines is 2. The Balaban J connectivity index is 1.66. The van der Waals surface area contributed by atoms with Crippen molar-refractivity contribution in [3.8, 4) is 17.2 Å². The number of nitrogens with one attached hydrogen (secondary N) is 1. The minimum Gasteiger partial charge on any atom is -0.491 e. The first kappa shape index (κ1) is 20.7. The van der Waals surface area contributed by atoms with E-state index >= 15 is 0 Å². The van der Waals surface area contributed by atoms with Gasteiger partial charge in [-0.25, -0.2) is 12.8 Å². The number of hydrogen-bond donors (Lipinski definition) is 1. The van der Waals surface area contributed by atoms with Crippen molar-refractivity contribution in [2.45, 2.75) is 11.8 Å². The van der Waals surface area contributed by atoms with Gasteiger partial charge in [-0.2, -0.15) is 0 Å². The molecule has 0 atom stereocenters. The summed E-state index contributed by atoms with van der Waals surface area (Å²) in [5.74, 6) is -0.355. The molecule has 4 rings (SSSR count). The van der Waals surface area contributed by atoms with Gasteiger partial charge in [-0.1, -0.05) is 12.1 Å². The van der Waals surface area contributed by atoms with Gasteiger partial charge in [0.2, 0.25) is 0 Å². The van der Waals surface area contributed by atoms with Crippen LogP contribution in [0.3, 0.4) is 0 Å². The molecule has 1 aliphatic heterocycles. The van der Waals surface area contributed by atoms with Crippen LogP contribution >= 0.6 is 0 Å². The van der Waals surface area contributed by atoms with E-state index in [4.69, 9.17) is 9.47 Å². The molecule has 1 heterocycles. The summed E-state index contributed by atoms with van der Waals surface area (Å²) in [5, 5.41) is 0. The van der Waals surface area contributed by atoms with E-state index < -0.39 is 15.8 Å². The Labute approximate surface area is 179 Å². The maximum atomic E-state index is 14.1. The molecule has 0 saturated heterocycles. The van der Waals surface area contributed by atoms with Gasteiger partial charge in [0.1, 0.15) is 5.75 Å². The number of benzene rings is 3. The maximum absolute atomic E-state index is 14.1. The Hall–Kier alpha value is -3.59. The van der Waals surface area contributed by atoms with Crippen LogP contribution in [0.1, 0.15) is 17.3 Å². The molecule has 9 heteroatoms. The zero-order chi connectivity index (χ0) is 22.2. The summed E-state index contributed by atoms with van der Waals surface area (Å²) in [7, 11) is -2.49. The Morgan fingerprint density at radius 2 is 1.84 bits per heavy atom. The highest BCUT2D eigenvalue weighted by Crippen LogP contribution is 2.39.